The lowest BCUT2D eigenvalue weighted by molar-refractivity contribution is 0.140. The van der Waals surface area contributed by atoms with Crippen LogP contribution in [0.4, 0.5) is 5.69 Å². The number of nitrogens with two attached hydrogens (primary N) is 1. The Morgan fingerprint density at radius 1 is 1.00 bits per heavy atom. The molecule has 0 fully saturated rings. The number of nitrogens with zero attached hydrogens (tertiary/aromatic N) is 1. The molecule has 2 aromatic rings. The SMILES string of the molecule is NC1(CCc2ccccc2)C=Nc2ccccc2O1. The molecule has 0 saturated heterocycles. The van der Waals surface area contributed by atoms with Gasteiger partial charge in [0.25, 0.3) is 0 Å². The van der Waals surface area contributed by atoms with E-state index >= 15 is 0 Å². The van der Waals surface area contributed by atoms with E-state index in [4.69, 9.17) is 10.5 Å². The molecule has 3 rings (SSSR count). The van der Waals surface area contributed by atoms with Crippen LogP contribution in [-0.2, 0) is 6.42 Å². The van der Waals surface area contributed by atoms with Crippen molar-refractivity contribution in [1.29, 1.82) is 0 Å². The van der Waals surface area contributed by atoms with Gasteiger partial charge in [-0.05, 0) is 24.1 Å². The van der Waals surface area contributed by atoms with Crippen LogP contribution in [0.1, 0.15) is 12.0 Å². The van der Waals surface area contributed by atoms with Crippen molar-refractivity contribution < 1.29 is 4.74 Å². The minimum atomic E-state index is -0.815. The van der Waals surface area contributed by atoms with Crippen molar-refractivity contribution in [3.63, 3.8) is 0 Å². The summed E-state index contributed by atoms with van der Waals surface area (Å²) < 4.78 is 5.87. The second kappa shape index (κ2) is 4.86. The standard InChI is InChI=1S/C16H16N2O/c17-16(11-10-13-6-2-1-3-7-13)12-18-14-8-4-5-9-15(14)19-16/h1-9,12H,10-11,17H2. The minimum Gasteiger partial charge on any atom is -0.466 e. The average Bonchev–Trinajstić information content (AvgIpc) is 2.46. The van der Waals surface area contributed by atoms with Crippen molar-refractivity contribution in [3.05, 3.63) is 60.2 Å². The summed E-state index contributed by atoms with van der Waals surface area (Å²) in [6.45, 7) is 0. The maximum absolute atomic E-state index is 6.25. The summed E-state index contributed by atoms with van der Waals surface area (Å²) >= 11 is 0. The van der Waals surface area contributed by atoms with E-state index in [1.165, 1.54) is 5.56 Å². The van der Waals surface area contributed by atoms with Gasteiger partial charge in [-0.1, -0.05) is 42.5 Å². The monoisotopic (exact) mass is 252 g/mol. The first-order valence-electron chi connectivity index (χ1n) is 6.41. The third kappa shape index (κ3) is 2.66. The summed E-state index contributed by atoms with van der Waals surface area (Å²) in [6, 6.07) is 17.9. The molecule has 1 aliphatic rings. The second-order valence-corrected chi connectivity index (χ2v) is 4.77. The Kier molecular flexibility index (Phi) is 3.05. The molecule has 0 amide bonds. The fraction of sp³-hybridized carbons (Fsp3) is 0.188. The molecule has 1 unspecified atom stereocenters. The summed E-state index contributed by atoms with van der Waals surface area (Å²) in [5.74, 6) is 0.751. The topological polar surface area (TPSA) is 47.6 Å². The van der Waals surface area contributed by atoms with Gasteiger partial charge in [0.05, 0.1) is 6.21 Å². The van der Waals surface area contributed by atoms with Gasteiger partial charge in [-0.15, -0.1) is 0 Å². The number of hydrogen-bond donors (Lipinski definition) is 1. The van der Waals surface area contributed by atoms with Gasteiger partial charge >= 0.3 is 0 Å². The van der Waals surface area contributed by atoms with Gasteiger partial charge in [0.15, 0.2) is 5.72 Å². The minimum absolute atomic E-state index is 0.703. The predicted octanol–water partition coefficient (Wildman–Crippen LogP) is 3.07. The van der Waals surface area contributed by atoms with E-state index in [-0.39, 0.29) is 0 Å². The van der Waals surface area contributed by atoms with Crippen LogP contribution >= 0.6 is 0 Å². The zero-order chi connectivity index (χ0) is 13.1. The molecule has 2 N–H and O–H groups in total. The quantitative estimate of drug-likeness (QED) is 0.912. The van der Waals surface area contributed by atoms with Gasteiger partial charge in [0, 0.05) is 6.42 Å². The van der Waals surface area contributed by atoms with E-state index in [0.29, 0.717) is 6.42 Å². The van der Waals surface area contributed by atoms with Crippen LogP contribution in [0.3, 0.4) is 0 Å². The van der Waals surface area contributed by atoms with Gasteiger partial charge < -0.3 is 4.74 Å². The fourth-order valence-electron chi connectivity index (χ4n) is 2.16. The maximum atomic E-state index is 6.25. The third-order valence-electron chi connectivity index (χ3n) is 3.23. The van der Waals surface area contributed by atoms with E-state index in [9.17, 15) is 0 Å². The van der Waals surface area contributed by atoms with Gasteiger partial charge in [0.2, 0.25) is 0 Å². The van der Waals surface area contributed by atoms with E-state index in [0.717, 1.165) is 17.9 Å². The number of benzene rings is 2. The van der Waals surface area contributed by atoms with E-state index in [1.54, 1.807) is 6.21 Å². The van der Waals surface area contributed by atoms with Crippen molar-refractivity contribution >= 4 is 11.9 Å². The Balaban J connectivity index is 1.72. The van der Waals surface area contributed by atoms with Crippen LogP contribution < -0.4 is 10.5 Å². The first-order chi connectivity index (χ1) is 9.25. The highest BCUT2D eigenvalue weighted by atomic mass is 16.5. The van der Waals surface area contributed by atoms with Crippen LogP contribution in [-0.4, -0.2) is 11.9 Å². The Morgan fingerprint density at radius 2 is 1.74 bits per heavy atom. The lowest BCUT2D eigenvalue weighted by Gasteiger charge is -2.30. The van der Waals surface area contributed by atoms with Crippen molar-refractivity contribution in [2.75, 3.05) is 0 Å². The Hall–Kier alpha value is -2.13. The van der Waals surface area contributed by atoms with Crippen molar-refractivity contribution in [2.45, 2.75) is 18.6 Å². The average molecular weight is 252 g/mol. The molecular weight excluding hydrogens is 236 g/mol. The van der Waals surface area contributed by atoms with Crippen molar-refractivity contribution in [1.82, 2.24) is 0 Å². The lowest BCUT2D eigenvalue weighted by Crippen LogP contribution is -2.49. The van der Waals surface area contributed by atoms with Gasteiger partial charge in [-0.2, -0.15) is 0 Å². The molecule has 1 aliphatic heterocycles. The molecule has 0 saturated carbocycles. The normalized spacial score (nSPS) is 20.7. The first kappa shape index (κ1) is 11.9. The number of rotatable bonds is 3. The molecule has 2 aromatic carbocycles. The van der Waals surface area contributed by atoms with Crippen LogP contribution in [0.2, 0.25) is 0 Å². The smallest absolute Gasteiger partial charge is 0.195 e. The van der Waals surface area contributed by atoms with E-state index in [1.807, 2.05) is 42.5 Å². The van der Waals surface area contributed by atoms with Gasteiger partial charge in [0.1, 0.15) is 11.4 Å². The molecule has 0 aliphatic carbocycles. The van der Waals surface area contributed by atoms with Gasteiger partial charge in [-0.3, -0.25) is 10.7 Å². The summed E-state index contributed by atoms with van der Waals surface area (Å²) in [6.07, 6.45) is 3.28. The number of aliphatic imine (C=N–C) groups is 1. The number of para-hydroxylation sites is 2. The van der Waals surface area contributed by atoms with Crippen molar-refractivity contribution in [2.24, 2.45) is 10.7 Å². The molecule has 3 heteroatoms. The summed E-state index contributed by atoms with van der Waals surface area (Å²) in [5, 5.41) is 0. The molecule has 0 spiro atoms. The molecule has 1 heterocycles. The molecule has 3 nitrogen and oxygen atoms in total. The number of ether oxygens (including phenoxy) is 1. The van der Waals surface area contributed by atoms with E-state index < -0.39 is 5.72 Å². The number of hydrogen-bond acceptors (Lipinski definition) is 3. The Bertz CT molecular complexity index is 595. The zero-order valence-corrected chi connectivity index (χ0v) is 10.6. The van der Waals surface area contributed by atoms with Crippen LogP contribution in [0.25, 0.3) is 0 Å². The molecule has 0 radical (unpaired) electrons. The van der Waals surface area contributed by atoms with Crippen LogP contribution in [0.15, 0.2) is 59.6 Å². The molecule has 19 heavy (non-hydrogen) atoms. The zero-order valence-electron chi connectivity index (χ0n) is 10.6. The Labute approximate surface area is 112 Å². The second-order valence-electron chi connectivity index (χ2n) is 4.77. The molecule has 96 valence electrons. The highest BCUT2D eigenvalue weighted by molar-refractivity contribution is 5.76. The lowest BCUT2D eigenvalue weighted by atomic mass is 10.0. The fourth-order valence-corrected chi connectivity index (χ4v) is 2.16. The summed E-state index contributed by atoms with van der Waals surface area (Å²) in [7, 11) is 0. The number of fused-ring (bicyclic) bond motifs is 1. The molecule has 1 atom stereocenters. The van der Waals surface area contributed by atoms with Crippen LogP contribution in [0.5, 0.6) is 5.75 Å². The highest BCUT2D eigenvalue weighted by Gasteiger charge is 2.28. The molecular formula is C16H16N2O. The highest BCUT2D eigenvalue weighted by Crippen LogP contribution is 2.33. The summed E-state index contributed by atoms with van der Waals surface area (Å²) in [5.41, 5.74) is 7.52. The Morgan fingerprint density at radius 3 is 2.58 bits per heavy atom. The third-order valence-corrected chi connectivity index (χ3v) is 3.23. The van der Waals surface area contributed by atoms with Crippen LogP contribution in [0, 0.1) is 0 Å². The summed E-state index contributed by atoms with van der Waals surface area (Å²) in [4.78, 5) is 4.38. The molecule has 0 bridgehead atoms. The first-order valence-corrected chi connectivity index (χ1v) is 6.41. The van der Waals surface area contributed by atoms with E-state index in [2.05, 4.69) is 17.1 Å². The number of aryl methyl sites for hydroxylation is 1. The van der Waals surface area contributed by atoms with Crippen molar-refractivity contribution in [3.8, 4) is 5.75 Å². The largest absolute Gasteiger partial charge is 0.466 e. The molecule has 0 aromatic heterocycles. The van der Waals surface area contributed by atoms with Gasteiger partial charge in [-0.25, -0.2) is 0 Å². The predicted molar refractivity (Wildman–Crippen MR) is 76.9 cm³/mol. The maximum Gasteiger partial charge on any atom is 0.195 e.